The van der Waals surface area contributed by atoms with Crippen molar-refractivity contribution in [3.63, 3.8) is 0 Å². The van der Waals surface area contributed by atoms with E-state index in [1.54, 1.807) is 20.8 Å². The number of carbonyl (C=O) groups excluding carboxylic acids is 1. The molecule has 1 atom stereocenters. The number of rotatable bonds is 9. The van der Waals surface area contributed by atoms with Crippen molar-refractivity contribution in [1.29, 1.82) is 0 Å². The first-order valence-corrected chi connectivity index (χ1v) is 11.3. The van der Waals surface area contributed by atoms with Gasteiger partial charge in [0.05, 0.1) is 0 Å². The Labute approximate surface area is 153 Å². The molecule has 0 aliphatic carbocycles. The van der Waals surface area contributed by atoms with Gasteiger partial charge in [-0.25, -0.2) is 9.59 Å². The van der Waals surface area contributed by atoms with Gasteiger partial charge < -0.3 is 19.6 Å². The Hall–Kier alpha value is -1.08. The van der Waals surface area contributed by atoms with Crippen molar-refractivity contribution in [3.8, 4) is 0 Å². The molecule has 0 heterocycles. The van der Waals surface area contributed by atoms with Crippen molar-refractivity contribution >= 4 is 20.4 Å². The van der Waals surface area contributed by atoms with Gasteiger partial charge >= 0.3 is 12.1 Å². The topological polar surface area (TPSA) is 84.9 Å². The van der Waals surface area contributed by atoms with Crippen molar-refractivity contribution in [3.05, 3.63) is 0 Å². The molecule has 0 spiro atoms. The van der Waals surface area contributed by atoms with Crippen LogP contribution < -0.4 is 5.32 Å². The van der Waals surface area contributed by atoms with Gasteiger partial charge in [-0.05, 0) is 37.4 Å². The quantitative estimate of drug-likeness (QED) is 0.578. The Morgan fingerprint density at radius 1 is 1.00 bits per heavy atom. The molecule has 148 valence electrons. The van der Waals surface area contributed by atoms with Crippen LogP contribution in [0.2, 0.25) is 16.6 Å². The molecule has 0 saturated heterocycles. The second-order valence-electron chi connectivity index (χ2n) is 8.48. The zero-order valence-electron chi connectivity index (χ0n) is 17.3. The molecule has 0 aromatic rings. The minimum Gasteiger partial charge on any atom is -0.479 e. The molecule has 0 fully saturated rings. The van der Waals surface area contributed by atoms with E-state index in [1.807, 2.05) is 0 Å². The smallest absolute Gasteiger partial charge is 0.407 e. The summed E-state index contributed by atoms with van der Waals surface area (Å²) in [6.07, 6.45) is -1.25. The number of ether oxygens (including phenoxy) is 1. The van der Waals surface area contributed by atoms with E-state index in [0.717, 1.165) is 0 Å². The average Bonchev–Trinajstić information content (AvgIpc) is 2.38. The van der Waals surface area contributed by atoms with Gasteiger partial charge in [0.25, 0.3) is 0 Å². The summed E-state index contributed by atoms with van der Waals surface area (Å²) in [4.78, 5) is 23.4. The second-order valence-corrected chi connectivity index (χ2v) is 13.9. The zero-order valence-corrected chi connectivity index (χ0v) is 18.3. The van der Waals surface area contributed by atoms with E-state index in [1.165, 1.54) is 0 Å². The van der Waals surface area contributed by atoms with Crippen LogP contribution in [0.15, 0.2) is 0 Å². The van der Waals surface area contributed by atoms with Crippen LogP contribution in [-0.2, 0) is 14.0 Å². The van der Waals surface area contributed by atoms with Gasteiger partial charge in [0.2, 0.25) is 8.32 Å². The molecule has 0 aliphatic rings. The fourth-order valence-electron chi connectivity index (χ4n) is 3.51. The third kappa shape index (κ3) is 7.36. The third-order valence-electron chi connectivity index (χ3n) is 4.40. The predicted octanol–water partition coefficient (Wildman–Crippen LogP) is 4.55. The summed E-state index contributed by atoms with van der Waals surface area (Å²) in [6, 6.07) is 0. The molecule has 0 saturated carbocycles. The highest BCUT2D eigenvalue weighted by atomic mass is 28.4. The monoisotopic (exact) mass is 375 g/mol. The molecule has 0 aromatic carbocycles. The van der Waals surface area contributed by atoms with Crippen LogP contribution in [0.3, 0.4) is 0 Å². The number of carboxylic acid groups (broad SMARTS) is 1. The number of carboxylic acids is 1. The van der Waals surface area contributed by atoms with Crippen LogP contribution in [-0.4, -0.2) is 43.7 Å². The number of hydrogen-bond acceptors (Lipinski definition) is 4. The van der Waals surface area contributed by atoms with Crippen LogP contribution in [0.1, 0.15) is 68.7 Å². The Balaban J connectivity index is 5.00. The summed E-state index contributed by atoms with van der Waals surface area (Å²) in [7, 11) is -2.29. The van der Waals surface area contributed by atoms with Gasteiger partial charge in [0.15, 0.2) is 0 Å². The molecule has 0 aromatic heterocycles. The normalized spacial score (nSPS) is 14.1. The summed E-state index contributed by atoms with van der Waals surface area (Å²) in [6.45, 7) is 18.2. The van der Waals surface area contributed by atoms with E-state index >= 15 is 0 Å². The highest BCUT2D eigenvalue weighted by molar-refractivity contribution is 6.77. The van der Waals surface area contributed by atoms with E-state index in [2.05, 4.69) is 46.9 Å². The number of nitrogens with one attached hydrogen (secondary N) is 1. The lowest BCUT2D eigenvalue weighted by Gasteiger charge is -2.43. The Morgan fingerprint density at radius 2 is 1.44 bits per heavy atom. The fraction of sp³-hybridized carbons (Fsp3) is 0.889. The molecular formula is C18H37NO5Si. The summed E-state index contributed by atoms with van der Waals surface area (Å²) in [5.74, 6) is -0.982. The maximum absolute atomic E-state index is 11.7. The molecule has 6 nitrogen and oxygen atoms in total. The number of amides is 1. The molecule has 7 heteroatoms. The van der Waals surface area contributed by atoms with E-state index in [9.17, 15) is 14.7 Å². The average molecular weight is 376 g/mol. The maximum atomic E-state index is 11.7. The number of carbonyl (C=O) groups is 2. The van der Waals surface area contributed by atoms with E-state index in [4.69, 9.17) is 9.16 Å². The highest BCUT2D eigenvalue weighted by Crippen LogP contribution is 2.43. The minimum absolute atomic E-state index is 0.199. The van der Waals surface area contributed by atoms with Gasteiger partial charge in [0, 0.05) is 13.0 Å². The molecule has 0 radical (unpaired) electrons. The number of aliphatic carboxylic acids is 1. The third-order valence-corrected chi connectivity index (χ3v) is 10.5. The Kier molecular flexibility index (Phi) is 9.15. The minimum atomic E-state index is -2.29. The molecule has 0 bridgehead atoms. The van der Waals surface area contributed by atoms with Crippen molar-refractivity contribution in [2.45, 2.75) is 97.1 Å². The van der Waals surface area contributed by atoms with Crippen molar-refractivity contribution in [2.75, 3.05) is 6.54 Å². The van der Waals surface area contributed by atoms with E-state index in [0.29, 0.717) is 16.6 Å². The number of alkyl carbamates (subject to hydrolysis) is 1. The molecule has 2 N–H and O–H groups in total. The predicted molar refractivity (Wildman–Crippen MR) is 102 cm³/mol. The molecule has 1 amide bonds. The van der Waals surface area contributed by atoms with Crippen molar-refractivity contribution in [2.24, 2.45) is 0 Å². The largest absolute Gasteiger partial charge is 0.479 e. The summed E-state index contributed by atoms with van der Waals surface area (Å²) >= 11 is 0. The van der Waals surface area contributed by atoms with Gasteiger partial charge in [-0.3, -0.25) is 0 Å². The molecule has 0 aliphatic heterocycles. The molecule has 25 heavy (non-hydrogen) atoms. The van der Waals surface area contributed by atoms with Crippen LogP contribution in [0.25, 0.3) is 0 Å². The molecular weight excluding hydrogens is 338 g/mol. The van der Waals surface area contributed by atoms with E-state index < -0.39 is 32.1 Å². The van der Waals surface area contributed by atoms with Crippen molar-refractivity contribution in [1.82, 2.24) is 5.32 Å². The molecule has 0 rings (SSSR count). The summed E-state index contributed by atoms with van der Waals surface area (Å²) < 4.78 is 11.5. The Bertz CT molecular complexity index is 421. The fourth-order valence-corrected chi connectivity index (χ4v) is 9.03. The van der Waals surface area contributed by atoms with Crippen LogP contribution >= 0.6 is 0 Å². The summed E-state index contributed by atoms with van der Waals surface area (Å²) in [5, 5.41) is 12.2. The molecule has 1 unspecified atom stereocenters. The second kappa shape index (κ2) is 9.57. The highest BCUT2D eigenvalue weighted by Gasteiger charge is 2.47. The first-order valence-electron chi connectivity index (χ1n) is 9.11. The lowest BCUT2D eigenvalue weighted by molar-refractivity contribution is -0.146. The van der Waals surface area contributed by atoms with Crippen LogP contribution in [0.4, 0.5) is 4.79 Å². The summed E-state index contributed by atoms with van der Waals surface area (Å²) in [5.41, 5.74) is 0.316. The SMILES string of the molecule is CC(C)[Si](OC(CCNC(=O)OC(C)(C)C)C(=O)O)(C(C)C)C(C)C. The zero-order chi connectivity index (χ0) is 20.0. The lowest BCUT2D eigenvalue weighted by atomic mass is 10.2. The van der Waals surface area contributed by atoms with Gasteiger partial charge in [-0.2, -0.15) is 0 Å². The first kappa shape index (κ1) is 23.9. The van der Waals surface area contributed by atoms with Crippen molar-refractivity contribution < 1.29 is 23.9 Å². The Morgan fingerprint density at radius 3 is 1.76 bits per heavy atom. The van der Waals surface area contributed by atoms with Gasteiger partial charge in [-0.15, -0.1) is 0 Å². The standard InChI is InChI=1S/C18H37NO5Si/c1-12(2)25(13(3)4,14(5)6)24-15(16(20)21)10-11-19-17(22)23-18(7,8)9/h12-15H,10-11H2,1-9H3,(H,19,22)(H,20,21). The lowest BCUT2D eigenvalue weighted by Crippen LogP contribution is -2.52. The maximum Gasteiger partial charge on any atom is 0.407 e. The first-order chi connectivity index (χ1) is 11.2. The van der Waals surface area contributed by atoms with Gasteiger partial charge in [-0.1, -0.05) is 41.5 Å². The van der Waals surface area contributed by atoms with E-state index in [-0.39, 0.29) is 13.0 Å². The van der Waals surface area contributed by atoms with Crippen LogP contribution in [0, 0.1) is 0 Å². The van der Waals surface area contributed by atoms with Gasteiger partial charge in [0.1, 0.15) is 11.7 Å². The van der Waals surface area contributed by atoms with Crippen LogP contribution in [0.5, 0.6) is 0 Å². The number of hydrogen-bond donors (Lipinski definition) is 2.